The Morgan fingerprint density at radius 3 is 2.44 bits per heavy atom. The van der Waals surface area contributed by atoms with E-state index < -0.39 is 75.0 Å². The number of rotatable bonds is 17. The third-order valence-electron chi connectivity index (χ3n) is 11.4. The van der Waals surface area contributed by atoms with E-state index in [9.17, 15) is 32.7 Å². The predicted octanol–water partition coefficient (Wildman–Crippen LogP) is 3.06. The van der Waals surface area contributed by atoms with Gasteiger partial charge >= 0.3 is 6.09 Å². The monoisotopic (exact) mass is 830 g/mol. The zero-order valence-corrected chi connectivity index (χ0v) is 33.6. The molecular formula is C42H50N6O10S. The number of carbonyl (C=O) groups is 4. The van der Waals surface area contributed by atoms with Crippen molar-refractivity contribution in [2.75, 3.05) is 20.2 Å². The lowest BCUT2D eigenvalue weighted by atomic mass is 10.1. The van der Waals surface area contributed by atoms with Gasteiger partial charge in [-0.2, -0.15) is 0 Å². The summed E-state index contributed by atoms with van der Waals surface area (Å²) in [6.45, 7) is 6.85. The molecule has 4 aliphatic rings. The van der Waals surface area contributed by atoms with Gasteiger partial charge in [-0.15, -0.1) is 6.58 Å². The molecule has 2 heterocycles. The summed E-state index contributed by atoms with van der Waals surface area (Å²) in [6.07, 6.45) is 3.33. The number of nitrogens with one attached hydrogen (secondary N) is 4. The minimum Gasteiger partial charge on any atom is -0.497 e. The molecule has 6 unspecified atom stereocenters. The van der Waals surface area contributed by atoms with Crippen molar-refractivity contribution < 1.29 is 46.9 Å². The van der Waals surface area contributed by atoms with Crippen LogP contribution in [0.2, 0.25) is 0 Å². The normalized spacial score (nSPS) is 23.8. The van der Waals surface area contributed by atoms with Crippen molar-refractivity contribution in [3.8, 4) is 22.8 Å². The molecule has 1 aliphatic heterocycles. The number of alkyl carbamates (subject to hydrolysis) is 1. The molecule has 1 saturated heterocycles. The Morgan fingerprint density at radius 2 is 1.78 bits per heavy atom. The maximum atomic E-state index is 14.6. The van der Waals surface area contributed by atoms with E-state index in [0.717, 1.165) is 24.5 Å². The average Bonchev–Trinajstić information content (AvgIpc) is 4.12. The summed E-state index contributed by atoms with van der Waals surface area (Å²) in [5.41, 5.74) is 0.511. The summed E-state index contributed by atoms with van der Waals surface area (Å²) in [6, 6.07) is 14.3. The summed E-state index contributed by atoms with van der Waals surface area (Å²) in [5.74, 6) is -1.57. The van der Waals surface area contributed by atoms with Gasteiger partial charge in [-0.3, -0.25) is 24.4 Å². The third kappa shape index (κ3) is 9.37. The molecule has 4 amide bonds. The van der Waals surface area contributed by atoms with Crippen LogP contribution in [0.1, 0.15) is 51.4 Å². The molecule has 16 nitrogen and oxygen atoms in total. The first-order valence-corrected chi connectivity index (χ1v) is 21.4. The van der Waals surface area contributed by atoms with Gasteiger partial charge in [0.25, 0.3) is 5.91 Å². The molecule has 3 saturated carbocycles. The number of fused-ring (bicyclic) bond motifs is 1. The van der Waals surface area contributed by atoms with Crippen LogP contribution in [0.15, 0.2) is 79.9 Å². The molecule has 17 heteroatoms. The summed E-state index contributed by atoms with van der Waals surface area (Å²) in [4.78, 5) is 59.9. The molecular weight excluding hydrogens is 781 g/mol. The minimum absolute atomic E-state index is 0.0373. The fraction of sp³-hybridized carbons (Fsp3) is 0.452. The Morgan fingerprint density at radius 1 is 1.03 bits per heavy atom. The number of pyridine rings is 1. The number of amides is 4. The number of aliphatic hydroxyl groups is 1. The van der Waals surface area contributed by atoms with Crippen LogP contribution >= 0.6 is 0 Å². The Hall–Kier alpha value is -5.52. The number of carbonyl (C=O) groups excluding carboxylic acids is 4. The number of benzene rings is 2. The van der Waals surface area contributed by atoms with Crippen molar-refractivity contribution in [1.29, 1.82) is 0 Å². The zero-order valence-electron chi connectivity index (χ0n) is 32.8. The van der Waals surface area contributed by atoms with Crippen molar-refractivity contribution >= 4 is 44.7 Å². The summed E-state index contributed by atoms with van der Waals surface area (Å²) >= 11 is 0. The largest absolute Gasteiger partial charge is 0.497 e. The molecule has 3 aliphatic carbocycles. The number of hydrogen-bond donors (Lipinski definition) is 5. The summed E-state index contributed by atoms with van der Waals surface area (Å²) in [5, 5.41) is 20.1. The van der Waals surface area contributed by atoms with Crippen molar-refractivity contribution in [2.24, 2.45) is 5.92 Å². The Kier molecular flexibility index (Phi) is 12.3. The highest BCUT2D eigenvalue weighted by atomic mass is 32.2. The topological polar surface area (TPSA) is 215 Å². The van der Waals surface area contributed by atoms with Gasteiger partial charge in [0.1, 0.15) is 41.5 Å². The number of sulfonamides is 1. The van der Waals surface area contributed by atoms with Crippen LogP contribution in [0.25, 0.3) is 22.2 Å². The highest BCUT2D eigenvalue weighted by Gasteiger charge is 2.61. The van der Waals surface area contributed by atoms with E-state index in [1.807, 2.05) is 36.4 Å². The Balaban J connectivity index is 1.20. The number of nitrogens with zero attached hydrogens (tertiary/aromatic N) is 2. The second-order valence-electron chi connectivity index (χ2n) is 15.5. The first-order chi connectivity index (χ1) is 28.3. The maximum absolute atomic E-state index is 14.6. The Labute approximate surface area is 342 Å². The molecule has 6 atom stereocenters. The first-order valence-electron chi connectivity index (χ1n) is 19.9. The fourth-order valence-corrected chi connectivity index (χ4v) is 9.28. The van der Waals surface area contributed by atoms with Gasteiger partial charge in [0.2, 0.25) is 21.8 Å². The van der Waals surface area contributed by atoms with Crippen molar-refractivity contribution in [3.63, 3.8) is 0 Å². The average molecular weight is 831 g/mol. The first kappa shape index (κ1) is 41.6. The van der Waals surface area contributed by atoms with Gasteiger partial charge in [0.15, 0.2) is 0 Å². The van der Waals surface area contributed by atoms with Gasteiger partial charge in [0.05, 0.1) is 36.2 Å². The second kappa shape index (κ2) is 17.4. The number of aliphatic hydroxyl groups excluding tert-OH is 1. The third-order valence-corrected chi connectivity index (χ3v) is 13.3. The molecule has 0 bridgehead atoms. The lowest BCUT2D eigenvalue weighted by Gasteiger charge is -2.33. The molecule has 3 aromatic rings. The Bertz CT molecular complexity index is 2210. The zero-order chi connectivity index (χ0) is 41.9. The van der Waals surface area contributed by atoms with Crippen LogP contribution in [0.4, 0.5) is 4.79 Å². The van der Waals surface area contributed by atoms with Gasteiger partial charge in [-0.05, 0) is 63.2 Å². The van der Waals surface area contributed by atoms with Crippen molar-refractivity contribution in [2.45, 2.75) is 92.7 Å². The second-order valence-corrected chi connectivity index (χ2v) is 17.5. The molecule has 1 aromatic heterocycles. The maximum Gasteiger partial charge on any atom is 0.408 e. The highest BCUT2D eigenvalue weighted by Crippen LogP contribution is 2.46. The fourth-order valence-electron chi connectivity index (χ4n) is 7.92. The van der Waals surface area contributed by atoms with Gasteiger partial charge < -0.3 is 34.9 Å². The molecule has 7 rings (SSSR count). The molecule has 59 heavy (non-hydrogen) atoms. The van der Waals surface area contributed by atoms with Crippen LogP contribution in [-0.2, 0) is 29.1 Å². The van der Waals surface area contributed by atoms with E-state index in [2.05, 4.69) is 33.8 Å². The van der Waals surface area contributed by atoms with E-state index in [-0.39, 0.29) is 32.0 Å². The van der Waals surface area contributed by atoms with Crippen molar-refractivity contribution in [1.82, 2.24) is 30.6 Å². The van der Waals surface area contributed by atoms with Crippen LogP contribution < -0.4 is 30.1 Å². The van der Waals surface area contributed by atoms with Crippen LogP contribution in [0.3, 0.4) is 0 Å². The SMILES string of the molecule is C=CC(=O)NCC(NC(=O)OC1CCCC1)C(=O)N1CC(Oc2cc(-c3ccccc3)nc3cc(OC)ccc23)CC1C(O)NC1(C(=O)NS(=O)(=O)C2CC2)CC1C=C. The summed E-state index contributed by atoms with van der Waals surface area (Å²) < 4.78 is 45.6. The smallest absolute Gasteiger partial charge is 0.408 e. The van der Waals surface area contributed by atoms with E-state index in [1.54, 1.807) is 25.3 Å². The van der Waals surface area contributed by atoms with Crippen LogP contribution in [0, 0.1) is 5.92 Å². The van der Waals surface area contributed by atoms with Gasteiger partial charge in [-0.25, -0.2) is 18.2 Å². The number of ether oxygens (including phenoxy) is 3. The van der Waals surface area contributed by atoms with E-state index in [0.29, 0.717) is 53.8 Å². The molecule has 2 aromatic carbocycles. The number of methoxy groups -OCH3 is 1. The van der Waals surface area contributed by atoms with Crippen LogP contribution in [0.5, 0.6) is 11.5 Å². The molecule has 314 valence electrons. The summed E-state index contributed by atoms with van der Waals surface area (Å²) in [7, 11) is -2.37. The van der Waals surface area contributed by atoms with E-state index >= 15 is 0 Å². The van der Waals surface area contributed by atoms with Crippen molar-refractivity contribution in [3.05, 3.63) is 79.9 Å². The molecule has 0 radical (unpaired) electrons. The number of aromatic nitrogens is 1. The minimum atomic E-state index is -3.92. The van der Waals surface area contributed by atoms with Gasteiger partial charge in [0, 0.05) is 42.0 Å². The molecule has 5 N–H and O–H groups in total. The molecule has 4 fully saturated rings. The lowest BCUT2D eigenvalue weighted by molar-refractivity contribution is -0.137. The van der Waals surface area contributed by atoms with Crippen LogP contribution in [-0.4, -0.2) is 109 Å². The standard InChI is InChI=1S/C42H50N6O10S/c1-4-26-22-42(26,40(52)47-59(54,55)30-16-17-30)46-38(50)35-20-29(24-48(35)39(51)34(23-43-37(49)5-2)45-41(53)58-27-13-9-10-14-27)57-36-21-32(25-11-7-6-8-12-25)44-33-19-28(56-3)15-18-31(33)36/h4-8,11-12,15,18-19,21,26-27,29-30,34-35,38,46,50H,1-2,9-10,13-14,16-17,20,22-24H2,3H3,(H,43,49)(H,45,53)(H,47,52). The highest BCUT2D eigenvalue weighted by molar-refractivity contribution is 7.91. The molecule has 0 spiro atoms. The van der Waals surface area contributed by atoms with Gasteiger partial charge in [-0.1, -0.05) is 43.0 Å². The quantitative estimate of drug-likeness (QED) is 0.0755. The number of likely N-dealkylation sites (tertiary alicyclic amines) is 1. The van der Waals surface area contributed by atoms with E-state index in [4.69, 9.17) is 19.2 Å². The predicted molar refractivity (Wildman–Crippen MR) is 217 cm³/mol. The number of hydrogen-bond acceptors (Lipinski definition) is 12. The lowest BCUT2D eigenvalue weighted by Crippen LogP contribution is -2.61. The van der Waals surface area contributed by atoms with E-state index in [1.165, 1.54) is 11.0 Å².